The third-order valence-corrected chi connectivity index (χ3v) is 4.94. The highest BCUT2D eigenvalue weighted by Crippen LogP contribution is 2.21. The van der Waals surface area contributed by atoms with Crippen molar-refractivity contribution >= 4 is 29.9 Å². The third-order valence-electron chi connectivity index (χ3n) is 4.94. The number of rotatable bonds is 3. The van der Waals surface area contributed by atoms with Crippen molar-refractivity contribution in [1.82, 2.24) is 20.0 Å². The van der Waals surface area contributed by atoms with Gasteiger partial charge in [0.25, 0.3) is 0 Å². The fourth-order valence-electron chi connectivity index (χ4n) is 3.75. The lowest BCUT2D eigenvalue weighted by Gasteiger charge is -2.39. The second-order valence-electron chi connectivity index (χ2n) is 7.44. The van der Waals surface area contributed by atoms with Crippen molar-refractivity contribution in [3.63, 3.8) is 0 Å². The van der Waals surface area contributed by atoms with Crippen molar-refractivity contribution in [3.8, 4) is 0 Å². The normalized spacial score (nSPS) is 30.9. The van der Waals surface area contributed by atoms with Crippen LogP contribution in [0.3, 0.4) is 0 Å². The van der Waals surface area contributed by atoms with E-state index in [2.05, 4.69) is 54.9 Å². The number of hydrogen-bond acceptors (Lipinski definition) is 3. The summed E-state index contributed by atoms with van der Waals surface area (Å²) in [7, 11) is 4.44. The maximum absolute atomic E-state index is 4.98. The van der Waals surface area contributed by atoms with E-state index in [0.717, 1.165) is 63.6 Å². The molecule has 2 fully saturated rings. The smallest absolute Gasteiger partial charge is 0.193 e. The Morgan fingerprint density at radius 2 is 1.74 bits per heavy atom. The molecule has 3 atom stereocenters. The third kappa shape index (κ3) is 6.38. The summed E-state index contributed by atoms with van der Waals surface area (Å²) in [6.45, 7) is 14.4. The predicted octanol–water partition coefficient (Wildman–Crippen LogP) is 1.79. The molecule has 5 nitrogen and oxygen atoms in total. The number of likely N-dealkylation sites (tertiary alicyclic amines) is 1. The molecule has 0 aliphatic carbocycles. The van der Waals surface area contributed by atoms with Crippen LogP contribution in [-0.2, 0) is 0 Å². The van der Waals surface area contributed by atoms with E-state index < -0.39 is 0 Å². The van der Waals surface area contributed by atoms with Gasteiger partial charge in [0.05, 0.1) is 6.54 Å². The van der Waals surface area contributed by atoms with Gasteiger partial charge in [0.2, 0.25) is 0 Å². The van der Waals surface area contributed by atoms with Crippen LogP contribution in [0.2, 0.25) is 0 Å². The average molecular weight is 437 g/mol. The lowest BCUT2D eigenvalue weighted by molar-refractivity contribution is 0.119. The molecule has 0 aromatic rings. The van der Waals surface area contributed by atoms with Crippen molar-refractivity contribution in [2.24, 2.45) is 16.8 Å². The maximum atomic E-state index is 4.98. The Balaban J connectivity index is 0.00000264. The van der Waals surface area contributed by atoms with Gasteiger partial charge in [0.1, 0.15) is 0 Å². The quantitative estimate of drug-likeness (QED) is 0.415. The standard InChI is InChI=1S/C17H35N5.HI/c1-6-18-17(22-11-14(2)9-15(3)12-22)19-10-16-13-20(4)7-8-21(16)5;/h14-16H,6-13H2,1-5H3,(H,18,19);1H. The van der Waals surface area contributed by atoms with E-state index in [9.17, 15) is 0 Å². The Bertz CT molecular complexity index is 366. The topological polar surface area (TPSA) is 34.1 Å². The van der Waals surface area contributed by atoms with Crippen molar-refractivity contribution in [1.29, 1.82) is 0 Å². The number of aliphatic imine (C=N–C) groups is 1. The number of nitrogens with one attached hydrogen (secondary N) is 1. The van der Waals surface area contributed by atoms with Crippen LogP contribution >= 0.6 is 24.0 Å². The molecule has 3 unspecified atom stereocenters. The Hall–Kier alpha value is -0.0800. The van der Waals surface area contributed by atoms with Crippen LogP contribution in [-0.4, -0.2) is 86.6 Å². The second-order valence-corrected chi connectivity index (χ2v) is 7.44. The van der Waals surface area contributed by atoms with Gasteiger partial charge in [-0.25, -0.2) is 0 Å². The molecule has 0 aromatic heterocycles. The highest BCUT2D eigenvalue weighted by molar-refractivity contribution is 14.0. The highest BCUT2D eigenvalue weighted by Gasteiger charge is 2.25. The van der Waals surface area contributed by atoms with Crippen LogP contribution in [0.1, 0.15) is 27.2 Å². The van der Waals surface area contributed by atoms with E-state index in [1.165, 1.54) is 6.42 Å². The maximum Gasteiger partial charge on any atom is 0.193 e. The van der Waals surface area contributed by atoms with Crippen molar-refractivity contribution in [2.45, 2.75) is 33.2 Å². The number of piperazine rings is 1. The van der Waals surface area contributed by atoms with E-state index in [1.807, 2.05) is 0 Å². The lowest BCUT2D eigenvalue weighted by Crippen LogP contribution is -2.52. The fraction of sp³-hybridized carbons (Fsp3) is 0.941. The van der Waals surface area contributed by atoms with E-state index >= 15 is 0 Å². The van der Waals surface area contributed by atoms with Gasteiger partial charge in [0, 0.05) is 45.3 Å². The summed E-state index contributed by atoms with van der Waals surface area (Å²) in [5, 5.41) is 3.50. The molecule has 0 radical (unpaired) electrons. The summed E-state index contributed by atoms with van der Waals surface area (Å²) < 4.78 is 0. The number of piperidine rings is 1. The summed E-state index contributed by atoms with van der Waals surface area (Å²) in [5.74, 6) is 2.63. The van der Waals surface area contributed by atoms with Crippen LogP contribution in [0.15, 0.2) is 4.99 Å². The minimum atomic E-state index is 0. The molecule has 0 bridgehead atoms. The molecule has 6 heteroatoms. The monoisotopic (exact) mass is 437 g/mol. The summed E-state index contributed by atoms with van der Waals surface area (Å²) in [5.41, 5.74) is 0. The van der Waals surface area contributed by atoms with Gasteiger partial charge in [-0.3, -0.25) is 9.89 Å². The molecule has 2 heterocycles. The van der Waals surface area contributed by atoms with Crippen molar-refractivity contribution < 1.29 is 0 Å². The van der Waals surface area contributed by atoms with E-state index in [-0.39, 0.29) is 24.0 Å². The Morgan fingerprint density at radius 3 is 2.35 bits per heavy atom. The molecule has 136 valence electrons. The van der Waals surface area contributed by atoms with Gasteiger partial charge in [-0.1, -0.05) is 13.8 Å². The van der Waals surface area contributed by atoms with E-state index in [0.29, 0.717) is 6.04 Å². The first kappa shape index (κ1) is 21.0. The van der Waals surface area contributed by atoms with Gasteiger partial charge in [-0.2, -0.15) is 0 Å². The highest BCUT2D eigenvalue weighted by atomic mass is 127. The fourth-order valence-corrected chi connectivity index (χ4v) is 3.75. The van der Waals surface area contributed by atoms with Crippen LogP contribution in [0.4, 0.5) is 0 Å². The van der Waals surface area contributed by atoms with Gasteiger partial charge < -0.3 is 15.1 Å². The molecule has 0 aromatic carbocycles. The van der Waals surface area contributed by atoms with Crippen LogP contribution < -0.4 is 5.32 Å². The minimum Gasteiger partial charge on any atom is -0.357 e. The van der Waals surface area contributed by atoms with Gasteiger partial charge in [-0.15, -0.1) is 24.0 Å². The molecule has 0 amide bonds. The molecule has 2 rings (SSSR count). The number of nitrogens with zero attached hydrogens (tertiary/aromatic N) is 4. The zero-order valence-corrected chi connectivity index (χ0v) is 17.9. The van der Waals surface area contributed by atoms with Crippen LogP contribution in [0.25, 0.3) is 0 Å². The van der Waals surface area contributed by atoms with E-state index in [4.69, 9.17) is 4.99 Å². The minimum absolute atomic E-state index is 0. The Morgan fingerprint density at radius 1 is 1.09 bits per heavy atom. The van der Waals surface area contributed by atoms with Crippen LogP contribution in [0, 0.1) is 11.8 Å². The molecule has 2 aliphatic rings. The molecule has 2 aliphatic heterocycles. The summed E-state index contributed by atoms with van der Waals surface area (Å²) in [6.07, 6.45) is 1.34. The summed E-state index contributed by atoms with van der Waals surface area (Å²) >= 11 is 0. The van der Waals surface area contributed by atoms with Crippen LogP contribution in [0.5, 0.6) is 0 Å². The molecule has 23 heavy (non-hydrogen) atoms. The number of halogens is 1. The lowest BCUT2D eigenvalue weighted by atomic mass is 9.92. The van der Waals surface area contributed by atoms with Gasteiger partial charge in [0.15, 0.2) is 5.96 Å². The number of guanidine groups is 1. The number of hydrogen-bond donors (Lipinski definition) is 1. The second kappa shape index (κ2) is 10.0. The first-order valence-corrected chi connectivity index (χ1v) is 8.91. The van der Waals surface area contributed by atoms with E-state index in [1.54, 1.807) is 0 Å². The molecular weight excluding hydrogens is 401 g/mol. The largest absolute Gasteiger partial charge is 0.357 e. The summed E-state index contributed by atoms with van der Waals surface area (Å²) in [6, 6.07) is 0.534. The summed E-state index contributed by atoms with van der Waals surface area (Å²) in [4.78, 5) is 12.3. The molecule has 0 saturated carbocycles. The zero-order chi connectivity index (χ0) is 16.1. The first-order valence-electron chi connectivity index (χ1n) is 8.91. The van der Waals surface area contributed by atoms with Crippen molar-refractivity contribution in [2.75, 3.05) is 59.9 Å². The van der Waals surface area contributed by atoms with Crippen molar-refractivity contribution in [3.05, 3.63) is 0 Å². The zero-order valence-electron chi connectivity index (χ0n) is 15.6. The van der Waals surface area contributed by atoms with Gasteiger partial charge >= 0.3 is 0 Å². The molecule has 2 saturated heterocycles. The average Bonchev–Trinajstić information content (AvgIpc) is 2.45. The molecule has 1 N–H and O–H groups in total. The predicted molar refractivity (Wildman–Crippen MR) is 110 cm³/mol. The molecule has 0 spiro atoms. The first-order chi connectivity index (χ1) is 10.5. The number of likely N-dealkylation sites (N-methyl/N-ethyl adjacent to an activating group) is 2. The Kier molecular flexibility index (Phi) is 9.15. The Labute approximate surface area is 159 Å². The van der Waals surface area contributed by atoms with Gasteiger partial charge in [-0.05, 0) is 39.3 Å². The SMILES string of the molecule is CCNC(=NCC1CN(C)CCN1C)N1CC(C)CC(C)C1.I. The molecular formula is C17H36IN5.